The minimum atomic E-state index is 0.198. The molecular weight excluding hydrogens is 280 g/mol. The van der Waals surface area contributed by atoms with Crippen molar-refractivity contribution in [2.24, 2.45) is 0 Å². The van der Waals surface area contributed by atoms with Crippen molar-refractivity contribution < 1.29 is 5.11 Å². The number of rotatable bonds is 8. The van der Waals surface area contributed by atoms with Crippen LogP contribution in [0.5, 0.6) is 0 Å². The van der Waals surface area contributed by atoms with Crippen molar-refractivity contribution in [3.63, 3.8) is 0 Å². The van der Waals surface area contributed by atoms with E-state index < -0.39 is 0 Å². The van der Waals surface area contributed by atoms with Crippen LogP contribution in [-0.2, 0) is 12.8 Å². The summed E-state index contributed by atoms with van der Waals surface area (Å²) in [7, 11) is 0. The van der Waals surface area contributed by atoms with E-state index in [9.17, 15) is 0 Å². The van der Waals surface area contributed by atoms with Gasteiger partial charge in [-0.2, -0.15) is 0 Å². The summed E-state index contributed by atoms with van der Waals surface area (Å²) in [6.45, 7) is 5.30. The molecule has 4 heteroatoms. The maximum atomic E-state index is 9.14. The molecule has 0 saturated heterocycles. The van der Waals surface area contributed by atoms with E-state index in [0.29, 0.717) is 0 Å². The van der Waals surface area contributed by atoms with E-state index in [1.165, 1.54) is 11.1 Å². The van der Waals surface area contributed by atoms with E-state index >= 15 is 0 Å². The van der Waals surface area contributed by atoms with Gasteiger partial charge in [0, 0.05) is 30.0 Å². The highest BCUT2D eigenvalue weighted by Crippen LogP contribution is 2.22. The minimum Gasteiger partial charge on any atom is -0.395 e. The number of thiazole rings is 1. The molecule has 1 aromatic heterocycles. The van der Waals surface area contributed by atoms with Gasteiger partial charge < -0.3 is 10.4 Å². The van der Waals surface area contributed by atoms with Crippen molar-refractivity contribution in [3.8, 4) is 11.3 Å². The molecule has 2 aromatic rings. The van der Waals surface area contributed by atoms with Gasteiger partial charge in [0.2, 0.25) is 0 Å². The van der Waals surface area contributed by atoms with Gasteiger partial charge in [-0.3, -0.25) is 0 Å². The normalized spacial score (nSPS) is 12.5. The van der Waals surface area contributed by atoms with Gasteiger partial charge in [-0.1, -0.05) is 38.1 Å². The van der Waals surface area contributed by atoms with Crippen LogP contribution in [0.2, 0.25) is 0 Å². The van der Waals surface area contributed by atoms with E-state index in [-0.39, 0.29) is 12.6 Å². The summed E-state index contributed by atoms with van der Waals surface area (Å²) < 4.78 is 0. The third kappa shape index (κ3) is 4.63. The van der Waals surface area contributed by atoms with Crippen LogP contribution in [0.3, 0.4) is 0 Å². The second-order valence-electron chi connectivity index (χ2n) is 5.17. The lowest BCUT2D eigenvalue weighted by molar-refractivity contribution is 0.240. The zero-order chi connectivity index (χ0) is 15.1. The molecule has 0 radical (unpaired) electrons. The monoisotopic (exact) mass is 304 g/mol. The third-order valence-electron chi connectivity index (χ3n) is 3.69. The number of aromatic nitrogens is 1. The fourth-order valence-electron chi connectivity index (χ4n) is 2.19. The van der Waals surface area contributed by atoms with Crippen molar-refractivity contribution in [2.45, 2.75) is 39.2 Å². The highest BCUT2D eigenvalue weighted by Gasteiger charge is 2.06. The summed E-state index contributed by atoms with van der Waals surface area (Å²) in [6.07, 6.45) is 2.93. The van der Waals surface area contributed by atoms with E-state index in [2.05, 4.69) is 48.8 Å². The molecular formula is C17H24N2OS. The first-order chi connectivity index (χ1) is 10.3. The molecule has 0 aliphatic rings. The zero-order valence-electron chi connectivity index (χ0n) is 12.8. The molecule has 2 N–H and O–H groups in total. The van der Waals surface area contributed by atoms with Crippen LogP contribution in [0.1, 0.15) is 30.8 Å². The van der Waals surface area contributed by atoms with E-state index in [0.717, 1.165) is 36.5 Å². The van der Waals surface area contributed by atoms with Crippen molar-refractivity contribution in [2.75, 3.05) is 13.2 Å². The molecule has 1 heterocycles. The zero-order valence-corrected chi connectivity index (χ0v) is 13.6. The number of aliphatic hydroxyl groups excluding tert-OH is 1. The van der Waals surface area contributed by atoms with Crippen LogP contribution in [0.15, 0.2) is 29.6 Å². The Morgan fingerprint density at radius 2 is 2.00 bits per heavy atom. The Morgan fingerprint density at radius 3 is 2.62 bits per heavy atom. The Kier molecular flexibility index (Phi) is 6.36. The van der Waals surface area contributed by atoms with Crippen molar-refractivity contribution >= 4 is 11.3 Å². The molecule has 1 atom stereocenters. The molecule has 0 spiro atoms. The quantitative estimate of drug-likeness (QED) is 0.787. The second-order valence-corrected chi connectivity index (χ2v) is 6.11. The Labute approximate surface area is 131 Å². The average Bonchev–Trinajstić information content (AvgIpc) is 3.00. The van der Waals surface area contributed by atoms with Gasteiger partial charge in [0.1, 0.15) is 0 Å². The lowest BCUT2D eigenvalue weighted by Gasteiger charge is -2.12. The van der Waals surface area contributed by atoms with Crippen molar-refractivity contribution in [1.29, 1.82) is 0 Å². The molecule has 0 saturated carbocycles. The maximum absolute atomic E-state index is 9.14. The van der Waals surface area contributed by atoms with Gasteiger partial charge in [-0.15, -0.1) is 11.3 Å². The van der Waals surface area contributed by atoms with Crippen LogP contribution in [0.4, 0.5) is 0 Å². The first-order valence-electron chi connectivity index (χ1n) is 7.64. The highest BCUT2D eigenvalue weighted by molar-refractivity contribution is 7.09. The number of nitrogens with zero attached hydrogens (tertiary/aromatic N) is 1. The molecule has 1 aromatic carbocycles. The fourth-order valence-corrected chi connectivity index (χ4v) is 3.00. The number of aliphatic hydroxyl groups is 1. The standard InChI is InChI=1S/C17H24N2OS/c1-3-13-5-7-14(8-6-13)16-12-21-17(19-16)9-10-18-15(4-2)11-20/h5-8,12,15,18,20H,3-4,9-11H2,1-2H3. The molecule has 3 nitrogen and oxygen atoms in total. The second kappa shape index (κ2) is 8.27. The van der Waals surface area contributed by atoms with Gasteiger partial charge in [0.15, 0.2) is 0 Å². The number of hydrogen-bond donors (Lipinski definition) is 2. The number of nitrogens with one attached hydrogen (secondary N) is 1. The summed E-state index contributed by atoms with van der Waals surface area (Å²) in [4.78, 5) is 4.70. The van der Waals surface area contributed by atoms with Gasteiger partial charge in [-0.05, 0) is 18.4 Å². The Morgan fingerprint density at radius 1 is 1.24 bits per heavy atom. The van der Waals surface area contributed by atoms with Gasteiger partial charge >= 0.3 is 0 Å². The number of aryl methyl sites for hydroxylation is 1. The smallest absolute Gasteiger partial charge is 0.0945 e. The largest absolute Gasteiger partial charge is 0.395 e. The lowest BCUT2D eigenvalue weighted by Crippen LogP contribution is -2.33. The molecule has 1 unspecified atom stereocenters. The Balaban J connectivity index is 1.91. The SMILES string of the molecule is CCc1ccc(-c2csc(CCNC(CC)CO)n2)cc1. The molecule has 2 rings (SSSR count). The maximum Gasteiger partial charge on any atom is 0.0945 e. The summed E-state index contributed by atoms with van der Waals surface area (Å²) in [5.41, 5.74) is 3.60. The first-order valence-corrected chi connectivity index (χ1v) is 8.52. The fraction of sp³-hybridized carbons (Fsp3) is 0.471. The predicted octanol–water partition coefficient (Wildman–Crippen LogP) is 3.28. The highest BCUT2D eigenvalue weighted by atomic mass is 32.1. The lowest BCUT2D eigenvalue weighted by atomic mass is 10.1. The summed E-state index contributed by atoms with van der Waals surface area (Å²) in [6, 6.07) is 8.83. The molecule has 114 valence electrons. The number of hydrogen-bond acceptors (Lipinski definition) is 4. The van der Waals surface area contributed by atoms with Crippen LogP contribution >= 0.6 is 11.3 Å². The van der Waals surface area contributed by atoms with E-state index in [4.69, 9.17) is 10.1 Å². The summed E-state index contributed by atoms with van der Waals surface area (Å²) in [5, 5.41) is 15.8. The number of benzene rings is 1. The van der Waals surface area contributed by atoms with E-state index in [1.807, 2.05) is 0 Å². The Bertz CT molecular complexity index is 532. The molecule has 0 aliphatic heterocycles. The van der Waals surface area contributed by atoms with Crippen LogP contribution in [0.25, 0.3) is 11.3 Å². The molecule has 21 heavy (non-hydrogen) atoms. The van der Waals surface area contributed by atoms with Crippen molar-refractivity contribution in [3.05, 3.63) is 40.2 Å². The van der Waals surface area contributed by atoms with Gasteiger partial charge in [0.25, 0.3) is 0 Å². The first kappa shape index (κ1) is 16.1. The van der Waals surface area contributed by atoms with E-state index in [1.54, 1.807) is 11.3 Å². The summed E-state index contributed by atoms with van der Waals surface area (Å²) in [5.74, 6) is 0. The summed E-state index contributed by atoms with van der Waals surface area (Å²) >= 11 is 1.71. The molecule has 0 fully saturated rings. The predicted molar refractivity (Wildman–Crippen MR) is 89.8 cm³/mol. The van der Waals surface area contributed by atoms with Crippen LogP contribution in [0, 0.1) is 0 Å². The molecule has 0 bridgehead atoms. The molecule has 0 aliphatic carbocycles. The van der Waals surface area contributed by atoms with Gasteiger partial charge in [-0.25, -0.2) is 4.98 Å². The van der Waals surface area contributed by atoms with Gasteiger partial charge in [0.05, 0.1) is 17.3 Å². The molecule has 0 amide bonds. The van der Waals surface area contributed by atoms with Crippen molar-refractivity contribution in [1.82, 2.24) is 10.3 Å². The van der Waals surface area contributed by atoms with Crippen LogP contribution in [-0.4, -0.2) is 29.3 Å². The third-order valence-corrected chi connectivity index (χ3v) is 4.60. The Hall–Kier alpha value is -1.23. The topological polar surface area (TPSA) is 45.1 Å². The van der Waals surface area contributed by atoms with Crippen LogP contribution < -0.4 is 5.32 Å². The minimum absolute atomic E-state index is 0.198. The average molecular weight is 304 g/mol.